The molecule has 1 fully saturated rings. The summed E-state index contributed by atoms with van der Waals surface area (Å²) in [7, 11) is 0. The number of aromatic nitrogens is 1. The summed E-state index contributed by atoms with van der Waals surface area (Å²) in [5.41, 5.74) is 2.72. The largest absolute Gasteiger partial charge is 0.347 e. The molecule has 132 valence electrons. The van der Waals surface area contributed by atoms with E-state index in [2.05, 4.69) is 10.3 Å². The Morgan fingerprint density at radius 3 is 2.62 bits per heavy atom. The van der Waals surface area contributed by atoms with E-state index in [0.717, 1.165) is 24.1 Å². The van der Waals surface area contributed by atoms with Gasteiger partial charge in [0.25, 0.3) is 5.91 Å². The van der Waals surface area contributed by atoms with Crippen molar-refractivity contribution in [3.63, 3.8) is 0 Å². The molecule has 2 heterocycles. The fourth-order valence-corrected chi connectivity index (χ4v) is 3.07. The summed E-state index contributed by atoms with van der Waals surface area (Å²) in [6.45, 7) is 3.34. The zero-order valence-corrected chi connectivity index (χ0v) is 14.6. The van der Waals surface area contributed by atoms with Gasteiger partial charge in [0.05, 0.1) is 6.04 Å². The first-order valence-electron chi connectivity index (χ1n) is 8.66. The van der Waals surface area contributed by atoms with E-state index in [0.29, 0.717) is 24.2 Å². The standard InChI is InChI=1S/C20H20N4O2/c1-2-9-24-13-18(10-19(24)25)23-20(26)15-5-3-14(4-6-15)16-7-8-17(11-21)22-12-16/h3-8,12,18H,2,9-10,13H2,1H3,(H,23,26)/t18-/m1/s1. The fourth-order valence-electron chi connectivity index (χ4n) is 3.07. The second-order valence-corrected chi connectivity index (χ2v) is 6.34. The SMILES string of the molecule is CCCN1C[C@H](NC(=O)c2ccc(-c3ccc(C#N)nc3)cc2)CC1=O. The normalized spacial score (nSPS) is 16.4. The minimum Gasteiger partial charge on any atom is -0.347 e. The summed E-state index contributed by atoms with van der Waals surface area (Å²) in [6.07, 6.45) is 2.92. The van der Waals surface area contributed by atoms with Crippen LogP contribution in [0.25, 0.3) is 11.1 Å². The van der Waals surface area contributed by atoms with Crippen molar-refractivity contribution in [2.24, 2.45) is 0 Å². The summed E-state index contributed by atoms with van der Waals surface area (Å²) in [6, 6.07) is 12.5. The molecule has 2 amide bonds. The molecule has 26 heavy (non-hydrogen) atoms. The van der Waals surface area contributed by atoms with Crippen molar-refractivity contribution in [1.82, 2.24) is 15.2 Å². The molecule has 1 atom stereocenters. The van der Waals surface area contributed by atoms with Gasteiger partial charge in [-0.1, -0.05) is 19.1 Å². The van der Waals surface area contributed by atoms with Crippen LogP contribution in [-0.2, 0) is 4.79 Å². The zero-order valence-electron chi connectivity index (χ0n) is 14.6. The number of carbonyl (C=O) groups excluding carboxylic acids is 2. The zero-order chi connectivity index (χ0) is 18.5. The molecule has 6 heteroatoms. The molecule has 0 aliphatic carbocycles. The first kappa shape index (κ1) is 17.6. The van der Waals surface area contributed by atoms with Crippen molar-refractivity contribution in [2.45, 2.75) is 25.8 Å². The molecule has 0 saturated carbocycles. The summed E-state index contributed by atoms with van der Waals surface area (Å²) in [5.74, 6) is -0.0773. The maximum Gasteiger partial charge on any atom is 0.251 e. The molecule has 0 radical (unpaired) electrons. The van der Waals surface area contributed by atoms with Crippen LogP contribution in [0.15, 0.2) is 42.6 Å². The number of nitrogens with zero attached hydrogens (tertiary/aromatic N) is 3. The number of hydrogen-bond donors (Lipinski definition) is 1. The average molecular weight is 348 g/mol. The summed E-state index contributed by atoms with van der Waals surface area (Å²) < 4.78 is 0. The molecule has 3 rings (SSSR count). The van der Waals surface area contributed by atoms with Gasteiger partial charge in [-0.2, -0.15) is 5.26 Å². The summed E-state index contributed by atoms with van der Waals surface area (Å²) in [5, 5.41) is 11.7. The number of nitrogens with one attached hydrogen (secondary N) is 1. The van der Waals surface area contributed by atoms with E-state index in [4.69, 9.17) is 5.26 Å². The van der Waals surface area contributed by atoms with Gasteiger partial charge in [-0.25, -0.2) is 4.98 Å². The number of carbonyl (C=O) groups is 2. The van der Waals surface area contributed by atoms with Gasteiger partial charge in [0, 0.05) is 36.8 Å². The number of likely N-dealkylation sites (tertiary alicyclic amines) is 1. The molecule has 2 aromatic rings. The highest BCUT2D eigenvalue weighted by atomic mass is 16.2. The predicted octanol–water partition coefficient (Wildman–Crippen LogP) is 2.36. The van der Waals surface area contributed by atoms with Crippen molar-refractivity contribution in [3.8, 4) is 17.2 Å². The number of hydrogen-bond acceptors (Lipinski definition) is 4. The van der Waals surface area contributed by atoms with E-state index in [9.17, 15) is 9.59 Å². The van der Waals surface area contributed by atoms with E-state index in [-0.39, 0.29) is 17.9 Å². The van der Waals surface area contributed by atoms with Crippen molar-refractivity contribution in [3.05, 3.63) is 53.9 Å². The van der Waals surface area contributed by atoms with Crippen LogP contribution in [0.1, 0.15) is 35.8 Å². The second-order valence-electron chi connectivity index (χ2n) is 6.34. The Kier molecular flexibility index (Phi) is 5.28. The Morgan fingerprint density at radius 2 is 2.00 bits per heavy atom. The van der Waals surface area contributed by atoms with Crippen LogP contribution in [0.3, 0.4) is 0 Å². The first-order chi connectivity index (χ1) is 12.6. The van der Waals surface area contributed by atoms with E-state index >= 15 is 0 Å². The lowest BCUT2D eigenvalue weighted by molar-refractivity contribution is -0.127. The Bertz CT molecular complexity index is 838. The van der Waals surface area contributed by atoms with Gasteiger partial charge in [-0.05, 0) is 36.2 Å². The molecule has 1 aliphatic heterocycles. The monoisotopic (exact) mass is 348 g/mol. The third-order valence-electron chi connectivity index (χ3n) is 4.40. The van der Waals surface area contributed by atoms with Crippen molar-refractivity contribution >= 4 is 11.8 Å². The molecule has 1 N–H and O–H groups in total. The predicted molar refractivity (Wildman–Crippen MR) is 97.1 cm³/mol. The smallest absolute Gasteiger partial charge is 0.251 e. The Morgan fingerprint density at radius 1 is 1.27 bits per heavy atom. The maximum atomic E-state index is 12.4. The van der Waals surface area contributed by atoms with Gasteiger partial charge < -0.3 is 10.2 Å². The number of nitriles is 1. The highest BCUT2D eigenvalue weighted by molar-refractivity contribution is 5.95. The molecule has 1 saturated heterocycles. The van der Waals surface area contributed by atoms with Crippen LogP contribution in [0.5, 0.6) is 0 Å². The van der Waals surface area contributed by atoms with Crippen LogP contribution < -0.4 is 5.32 Å². The third kappa shape index (κ3) is 3.89. The topological polar surface area (TPSA) is 86.1 Å². The molecule has 0 spiro atoms. The average Bonchev–Trinajstić information content (AvgIpc) is 3.01. The van der Waals surface area contributed by atoms with E-state index in [1.54, 1.807) is 29.3 Å². The van der Waals surface area contributed by atoms with E-state index in [1.165, 1.54) is 0 Å². The summed E-state index contributed by atoms with van der Waals surface area (Å²) >= 11 is 0. The van der Waals surface area contributed by atoms with E-state index < -0.39 is 0 Å². The maximum absolute atomic E-state index is 12.4. The number of benzene rings is 1. The Hall–Kier alpha value is -3.20. The van der Waals surface area contributed by atoms with Crippen LogP contribution in [0.2, 0.25) is 0 Å². The van der Waals surface area contributed by atoms with Gasteiger partial charge in [-0.3, -0.25) is 9.59 Å². The highest BCUT2D eigenvalue weighted by Gasteiger charge is 2.29. The second kappa shape index (κ2) is 7.79. The van der Waals surface area contributed by atoms with Crippen molar-refractivity contribution in [1.29, 1.82) is 5.26 Å². The lowest BCUT2D eigenvalue weighted by atomic mass is 10.0. The highest BCUT2D eigenvalue weighted by Crippen LogP contribution is 2.19. The Labute approximate surface area is 152 Å². The molecule has 1 aromatic heterocycles. The van der Waals surface area contributed by atoms with Crippen LogP contribution in [0.4, 0.5) is 0 Å². The molecule has 6 nitrogen and oxygen atoms in total. The minimum absolute atomic E-state index is 0.0980. The number of pyridine rings is 1. The van der Waals surface area contributed by atoms with Gasteiger partial charge in [0.1, 0.15) is 11.8 Å². The molecule has 1 aromatic carbocycles. The lowest BCUT2D eigenvalue weighted by Crippen LogP contribution is -2.37. The molecule has 1 aliphatic rings. The van der Waals surface area contributed by atoms with Crippen LogP contribution in [-0.4, -0.2) is 40.8 Å². The quantitative estimate of drug-likeness (QED) is 0.899. The third-order valence-corrected chi connectivity index (χ3v) is 4.40. The minimum atomic E-state index is -0.175. The summed E-state index contributed by atoms with van der Waals surface area (Å²) in [4.78, 5) is 30.2. The number of rotatable bonds is 5. The number of amides is 2. The van der Waals surface area contributed by atoms with Gasteiger partial charge in [0.15, 0.2) is 0 Å². The van der Waals surface area contributed by atoms with Gasteiger partial charge in [0.2, 0.25) is 5.91 Å². The molecular formula is C20H20N4O2. The van der Waals surface area contributed by atoms with Gasteiger partial charge in [-0.15, -0.1) is 0 Å². The van der Waals surface area contributed by atoms with E-state index in [1.807, 2.05) is 31.2 Å². The van der Waals surface area contributed by atoms with Gasteiger partial charge >= 0.3 is 0 Å². The Balaban J connectivity index is 1.64. The molecule has 0 bridgehead atoms. The molecule has 0 unspecified atom stereocenters. The lowest BCUT2D eigenvalue weighted by Gasteiger charge is -2.16. The first-order valence-corrected chi connectivity index (χ1v) is 8.66. The van der Waals surface area contributed by atoms with Crippen molar-refractivity contribution in [2.75, 3.05) is 13.1 Å². The van der Waals surface area contributed by atoms with Crippen molar-refractivity contribution < 1.29 is 9.59 Å². The van der Waals surface area contributed by atoms with Crippen LogP contribution in [0, 0.1) is 11.3 Å². The molecular weight excluding hydrogens is 328 g/mol. The van der Waals surface area contributed by atoms with Crippen LogP contribution >= 0.6 is 0 Å². The fraction of sp³-hybridized carbons (Fsp3) is 0.300.